The van der Waals surface area contributed by atoms with Crippen LogP contribution in [0.5, 0.6) is 11.5 Å². The molecule has 0 saturated heterocycles. The summed E-state index contributed by atoms with van der Waals surface area (Å²) in [6, 6.07) is 24.0. The molecule has 0 fully saturated rings. The highest BCUT2D eigenvalue weighted by molar-refractivity contribution is 9.10. The van der Waals surface area contributed by atoms with Crippen molar-refractivity contribution in [2.45, 2.75) is 20.5 Å². The third-order valence-electron chi connectivity index (χ3n) is 5.90. The number of rotatable bonds is 9. The maximum Gasteiger partial charge on any atom is 0.259 e. The fourth-order valence-corrected chi connectivity index (χ4v) is 4.17. The summed E-state index contributed by atoms with van der Waals surface area (Å²) in [7, 11) is 1.59. The normalized spacial score (nSPS) is 11.0. The molecule has 7 heteroatoms. The van der Waals surface area contributed by atoms with Crippen LogP contribution in [0, 0.1) is 13.8 Å². The Morgan fingerprint density at radius 2 is 1.78 bits per heavy atom. The van der Waals surface area contributed by atoms with Gasteiger partial charge in [0, 0.05) is 15.7 Å². The minimum absolute atomic E-state index is 0.116. The van der Waals surface area contributed by atoms with E-state index in [0.717, 1.165) is 26.7 Å². The average Bonchev–Trinajstić information content (AvgIpc) is 2.89. The summed E-state index contributed by atoms with van der Waals surface area (Å²) in [6.45, 7) is 4.61. The number of aryl methyl sites for hydroxylation is 2. The molecule has 36 heavy (non-hydrogen) atoms. The summed E-state index contributed by atoms with van der Waals surface area (Å²) in [5.41, 5.74) is 7.65. The highest BCUT2D eigenvalue weighted by Gasteiger charge is 2.11. The van der Waals surface area contributed by atoms with Crippen molar-refractivity contribution in [3.63, 3.8) is 0 Å². The zero-order valence-corrected chi connectivity index (χ0v) is 22.1. The third-order valence-corrected chi connectivity index (χ3v) is 6.59. The fourth-order valence-electron chi connectivity index (χ4n) is 3.74. The zero-order chi connectivity index (χ0) is 25.5. The summed E-state index contributed by atoms with van der Waals surface area (Å²) in [4.78, 5) is 12.2. The number of carbonyl (C=O) groups is 1. The Balaban J connectivity index is 1.38. The van der Waals surface area contributed by atoms with Gasteiger partial charge in [0.25, 0.3) is 5.91 Å². The first kappa shape index (κ1) is 25.3. The topological polar surface area (TPSA) is 72.0 Å². The van der Waals surface area contributed by atoms with E-state index in [1.165, 1.54) is 16.5 Å². The smallest absolute Gasteiger partial charge is 0.259 e. The van der Waals surface area contributed by atoms with Gasteiger partial charge in [-0.25, -0.2) is 5.43 Å². The minimum atomic E-state index is -0.248. The van der Waals surface area contributed by atoms with Gasteiger partial charge in [0.15, 0.2) is 11.5 Å². The van der Waals surface area contributed by atoms with Gasteiger partial charge in [-0.2, -0.15) is 5.10 Å². The second kappa shape index (κ2) is 11.7. The lowest BCUT2D eigenvalue weighted by molar-refractivity contribution is -0.119. The van der Waals surface area contributed by atoms with Crippen LogP contribution in [0.2, 0.25) is 0 Å². The van der Waals surface area contributed by atoms with E-state index in [2.05, 4.69) is 63.0 Å². The molecule has 184 valence electrons. The maximum atomic E-state index is 12.2. The summed E-state index contributed by atoms with van der Waals surface area (Å²) < 4.78 is 12.4. The first-order valence-corrected chi connectivity index (χ1v) is 12.3. The van der Waals surface area contributed by atoms with Gasteiger partial charge in [0.1, 0.15) is 6.61 Å². The lowest BCUT2D eigenvalue weighted by Crippen LogP contribution is -2.25. The summed E-state index contributed by atoms with van der Waals surface area (Å²) >= 11 is 3.57. The SMILES string of the molecule is COc1cc(/C=N\NC(=O)CNc2ccc(C)c(C)c2)c(Br)cc1OCc1cccc2ccccc12. The molecule has 0 aliphatic carbocycles. The van der Waals surface area contributed by atoms with Crippen LogP contribution in [0.3, 0.4) is 0 Å². The van der Waals surface area contributed by atoms with Crippen molar-refractivity contribution < 1.29 is 14.3 Å². The third kappa shape index (κ3) is 6.23. The number of fused-ring (bicyclic) bond motifs is 1. The molecular formula is C29H28BrN3O3. The van der Waals surface area contributed by atoms with Crippen molar-refractivity contribution >= 4 is 44.5 Å². The summed E-state index contributed by atoms with van der Waals surface area (Å²) in [5, 5.41) is 9.52. The van der Waals surface area contributed by atoms with E-state index in [1.807, 2.05) is 55.5 Å². The van der Waals surface area contributed by atoms with Crippen molar-refractivity contribution in [2.24, 2.45) is 5.10 Å². The van der Waals surface area contributed by atoms with Crippen LogP contribution in [0.25, 0.3) is 10.8 Å². The highest BCUT2D eigenvalue weighted by Crippen LogP contribution is 2.34. The molecular weight excluding hydrogens is 518 g/mol. The molecule has 6 nitrogen and oxygen atoms in total. The minimum Gasteiger partial charge on any atom is -0.493 e. The number of ether oxygens (including phenoxy) is 2. The molecule has 1 amide bonds. The highest BCUT2D eigenvalue weighted by atomic mass is 79.9. The molecule has 4 aromatic carbocycles. The second-order valence-electron chi connectivity index (χ2n) is 8.40. The molecule has 0 radical (unpaired) electrons. The molecule has 0 heterocycles. The number of amides is 1. The molecule has 4 rings (SSSR count). The molecule has 0 aliphatic heterocycles. The Morgan fingerprint density at radius 3 is 2.58 bits per heavy atom. The number of hydrogen-bond acceptors (Lipinski definition) is 5. The number of anilines is 1. The second-order valence-corrected chi connectivity index (χ2v) is 9.25. The van der Waals surface area contributed by atoms with Crippen LogP contribution >= 0.6 is 15.9 Å². The van der Waals surface area contributed by atoms with Crippen LogP contribution in [0.1, 0.15) is 22.3 Å². The van der Waals surface area contributed by atoms with Gasteiger partial charge in [-0.1, -0.05) is 48.5 Å². The Kier molecular flexibility index (Phi) is 8.23. The van der Waals surface area contributed by atoms with Gasteiger partial charge in [0.05, 0.1) is 19.9 Å². The Labute approximate surface area is 219 Å². The molecule has 0 bridgehead atoms. The largest absolute Gasteiger partial charge is 0.493 e. The van der Waals surface area contributed by atoms with Gasteiger partial charge in [-0.15, -0.1) is 0 Å². The number of benzene rings is 4. The zero-order valence-electron chi connectivity index (χ0n) is 20.5. The Morgan fingerprint density at radius 1 is 0.972 bits per heavy atom. The number of nitrogens with zero attached hydrogens (tertiary/aromatic N) is 1. The van der Waals surface area contributed by atoms with Crippen molar-refractivity contribution in [1.82, 2.24) is 5.43 Å². The van der Waals surface area contributed by atoms with Crippen molar-refractivity contribution in [3.05, 3.63) is 99.5 Å². The van der Waals surface area contributed by atoms with Crippen molar-refractivity contribution in [3.8, 4) is 11.5 Å². The standard InChI is InChI=1S/C29H28BrN3O3/c1-19-11-12-24(13-20(19)2)31-17-29(34)33-32-16-23-14-27(35-3)28(15-26(23)30)36-18-22-9-6-8-21-7-4-5-10-25(21)22/h4-16,31H,17-18H2,1-3H3,(H,33,34)/b32-16-. The van der Waals surface area contributed by atoms with Gasteiger partial charge in [-0.05, 0) is 81.5 Å². The van der Waals surface area contributed by atoms with E-state index in [-0.39, 0.29) is 12.5 Å². The number of carbonyl (C=O) groups excluding carboxylic acids is 1. The van der Waals surface area contributed by atoms with E-state index in [0.29, 0.717) is 18.1 Å². The van der Waals surface area contributed by atoms with E-state index in [4.69, 9.17) is 9.47 Å². The molecule has 0 spiro atoms. The lowest BCUT2D eigenvalue weighted by atomic mass is 10.1. The number of hydrogen-bond donors (Lipinski definition) is 2. The maximum absolute atomic E-state index is 12.2. The van der Waals surface area contributed by atoms with Crippen molar-refractivity contribution in [1.29, 1.82) is 0 Å². The van der Waals surface area contributed by atoms with Crippen molar-refractivity contribution in [2.75, 3.05) is 19.0 Å². The predicted molar refractivity (Wildman–Crippen MR) is 149 cm³/mol. The average molecular weight is 546 g/mol. The Hall–Kier alpha value is -3.84. The first-order valence-electron chi connectivity index (χ1n) is 11.5. The van der Waals surface area contributed by atoms with Crippen LogP contribution in [0.15, 0.2) is 82.4 Å². The first-order chi connectivity index (χ1) is 17.4. The van der Waals surface area contributed by atoms with Crippen LogP contribution in [-0.2, 0) is 11.4 Å². The molecule has 0 atom stereocenters. The van der Waals surface area contributed by atoms with Crippen LogP contribution < -0.4 is 20.2 Å². The molecule has 0 aromatic heterocycles. The van der Waals surface area contributed by atoms with Gasteiger partial charge < -0.3 is 14.8 Å². The lowest BCUT2D eigenvalue weighted by Gasteiger charge is -2.14. The quantitative estimate of drug-likeness (QED) is 0.189. The van der Waals surface area contributed by atoms with Gasteiger partial charge in [0.2, 0.25) is 0 Å². The number of methoxy groups -OCH3 is 1. The van der Waals surface area contributed by atoms with E-state index >= 15 is 0 Å². The summed E-state index contributed by atoms with van der Waals surface area (Å²) in [6.07, 6.45) is 1.56. The number of hydrazone groups is 1. The van der Waals surface area contributed by atoms with E-state index in [1.54, 1.807) is 13.3 Å². The number of nitrogens with one attached hydrogen (secondary N) is 2. The summed E-state index contributed by atoms with van der Waals surface area (Å²) in [5.74, 6) is 0.932. The number of halogens is 1. The van der Waals surface area contributed by atoms with Crippen LogP contribution in [-0.4, -0.2) is 25.8 Å². The fraction of sp³-hybridized carbons (Fsp3) is 0.172. The van der Waals surface area contributed by atoms with Gasteiger partial charge in [-0.3, -0.25) is 4.79 Å². The predicted octanol–water partition coefficient (Wildman–Crippen LogP) is 6.37. The monoisotopic (exact) mass is 545 g/mol. The van der Waals surface area contributed by atoms with E-state index < -0.39 is 0 Å². The van der Waals surface area contributed by atoms with E-state index in [9.17, 15) is 4.79 Å². The molecule has 4 aromatic rings. The van der Waals surface area contributed by atoms with Crippen LogP contribution in [0.4, 0.5) is 5.69 Å². The molecule has 0 unspecified atom stereocenters. The molecule has 0 aliphatic rings. The van der Waals surface area contributed by atoms with Gasteiger partial charge >= 0.3 is 0 Å². The molecule has 2 N–H and O–H groups in total. The Bertz CT molecular complexity index is 1410. The molecule has 0 saturated carbocycles.